The molecule has 0 aromatic carbocycles. The maximum atomic E-state index is 12.5. The number of fused-ring (bicyclic) bond motifs is 2. The topological polar surface area (TPSA) is 109 Å². The average molecular weight is 593 g/mol. The second-order valence-electron chi connectivity index (χ2n) is 14.6. The predicted octanol–water partition coefficient (Wildman–Crippen LogP) is 4.23. The molecule has 1 N–H and O–H groups in total. The van der Waals surface area contributed by atoms with Gasteiger partial charge >= 0.3 is 12.1 Å². The zero-order valence-corrected chi connectivity index (χ0v) is 25.8. The van der Waals surface area contributed by atoms with Gasteiger partial charge in [-0.3, -0.25) is 15.0 Å². The van der Waals surface area contributed by atoms with Crippen molar-refractivity contribution in [2.45, 2.75) is 90.1 Å². The molecule has 4 amide bonds. The van der Waals surface area contributed by atoms with Crippen LogP contribution in [0.1, 0.15) is 70.9 Å². The van der Waals surface area contributed by atoms with Gasteiger partial charge in [0.05, 0.1) is 30.6 Å². The number of hydrogen-bond acceptors (Lipinski definition) is 7. The highest BCUT2D eigenvalue weighted by Crippen LogP contribution is 2.55. The van der Waals surface area contributed by atoms with E-state index in [-0.39, 0.29) is 30.2 Å². The summed E-state index contributed by atoms with van der Waals surface area (Å²) in [6.07, 6.45) is 10.2. The van der Waals surface area contributed by atoms with Gasteiger partial charge in [-0.05, 0) is 89.9 Å². The van der Waals surface area contributed by atoms with Gasteiger partial charge in [0, 0.05) is 49.6 Å². The van der Waals surface area contributed by atoms with Crippen LogP contribution in [0.5, 0.6) is 0 Å². The van der Waals surface area contributed by atoms with E-state index in [4.69, 9.17) is 14.5 Å². The van der Waals surface area contributed by atoms with E-state index in [1.54, 1.807) is 11.1 Å². The minimum atomic E-state index is -0.475. The van der Waals surface area contributed by atoms with E-state index >= 15 is 0 Å². The molecule has 1 aliphatic carbocycles. The number of aryl methyl sites for hydroxylation is 1. The molecular formula is C32H44N6O5. The molecule has 6 heterocycles. The van der Waals surface area contributed by atoms with Gasteiger partial charge in [0.25, 0.3) is 0 Å². The number of imide groups is 1. The Balaban J connectivity index is 0.900. The van der Waals surface area contributed by atoms with Gasteiger partial charge in [-0.2, -0.15) is 0 Å². The van der Waals surface area contributed by atoms with Crippen molar-refractivity contribution in [1.29, 1.82) is 0 Å². The Hall–Kier alpha value is -3.18. The highest BCUT2D eigenvalue weighted by atomic mass is 16.6. The van der Waals surface area contributed by atoms with E-state index in [0.717, 1.165) is 54.9 Å². The molecule has 232 valence electrons. The van der Waals surface area contributed by atoms with Crippen molar-refractivity contribution in [1.82, 2.24) is 24.7 Å². The number of hydrogen-bond donors (Lipinski definition) is 1. The molecule has 4 saturated heterocycles. The fraction of sp³-hybridized carbons (Fsp3) is 0.688. The Morgan fingerprint density at radius 1 is 1.16 bits per heavy atom. The van der Waals surface area contributed by atoms with Crippen LogP contribution < -0.4 is 10.2 Å². The first-order valence-corrected chi connectivity index (χ1v) is 15.9. The number of pyridine rings is 1. The molecule has 0 bridgehead atoms. The monoisotopic (exact) mass is 592 g/mol. The molecule has 11 heteroatoms. The third kappa shape index (κ3) is 5.50. The number of amides is 4. The highest BCUT2D eigenvalue weighted by Gasteiger charge is 2.48. The van der Waals surface area contributed by atoms with Gasteiger partial charge in [-0.1, -0.05) is 0 Å². The molecule has 4 aliphatic heterocycles. The number of carbonyl (C=O) groups is 3. The molecule has 3 unspecified atom stereocenters. The number of ether oxygens (including phenoxy) is 2. The van der Waals surface area contributed by atoms with E-state index < -0.39 is 5.60 Å². The molecule has 43 heavy (non-hydrogen) atoms. The van der Waals surface area contributed by atoms with Crippen LogP contribution in [-0.2, 0) is 14.3 Å². The summed E-state index contributed by atoms with van der Waals surface area (Å²) in [7, 11) is 0. The summed E-state index contributed by atoms with van der Waals surface area (Å²) in [6.45, 7) is 12.8. The molecule has 0 radical (unpaired) electrons. The lowest BCUT2D eigenvalue weighted by Crippen LogP contribution is -2.49. The van der Waals surface area contributed by atoms with Crippen molar-refractivity contribution in [2.75, 3.05) is 44.2 Å². The Kier molecular flexibility index (Phi) is 6.96. The normalized spacial score (nSPS) is 28.0. The van der Waals surface area contributed by atoms with Crippen molar-refractivity contribution in [3.8, 4) is 0 Å². The first-order valence-electron chi connectivity index (χ1n) is 15.9. The van der Waals surface area contributed by atoms with Crippen LogP contribution in [-0.4, -0.2) is 94.5 Å². The van der Waals surface area contributed by atoms with Crippen LogP contribution in [0, 0.1) is 18.3 Å². The predicted molar refractivity (Wildman–Crippen MR) is 161 cm³/mol. The summed E-state index contributed by atoms with van der Waals surface area (Å²) in [5, 5.41) is 3.46. The van der Waals surface area contributed by atoms with Crippen LogP contribution in [0.15, 0.2) is 18.5 Å². The maximum Gasteiger partial charge on any atom is 0.410 e. The Bertz CT molecular complexity index is 1420. The summed E-state index contributed by atoms with van der Waals surface area (Å²) in [5.74, 6) is 0.177. The number of likely N-dealkylation sites (tertiary alicyclic amines) is 2. The van der Waals surface area contributed by atoms with E-state index in [0.29, 0.717) is 36.9 Å². The van der Waals surface area contributed by atoms with Crippen LogP contribution in [0.4, 0.5) is 15.3 Å². The molecule has 11 nitrogen and oxygen atoms in total. The Morgan fingerprint density at radius 2 is 1.93 bits per heavy atom. The fourth-order valence-electron chi connectivity index (χ4n) is 8.02. The molecule has 2 aromatic rings. The number of urea groups is 1. The SMILES string of the molecule is Cc1cn(C2CC3(CCN(CC4CC5CN(C(=O)OC(C)(C)C)CC5O4)CC3)C2)c2ncc(N3CCC(=O)NC3=O)cc12. The van der Waals surface area contributed by atoms with Gasteiger partial charge in [0.1, 0.15) is 11.2 Å². The molecular weight excluding hydrogens is 548 g/mol. The van der Waals surface area contributed by atoms with Crippen molar-refractivity contribution in [3.63, 3.8) is 0 Å². The average Bonchev–Trinajstić information content (AvgIpc) is 3.58. The lowest BCUT2D eigenvalue weighted by molar-refractivity contribution is -0.120. The number of rotatable bonds is 4. The van der Waals surface area contributed by atoms with E-state index in [9.17, 15) is 14.4 Å². The molecule has 5 fully saturated rings. The number of piperidine rings is 1. The minimum absolute atomic E-state index is 0.131. The van der Waals surface area contributed by atoms with E-state index in [2.05, 4.69) is 27.9 Å². The van der Waals surface area contributed by atoms with Gasteiger partial charge in [0.2, 0.25) is 5.91 Å². The van der Waals surface area contributed by atoms with Crippen LogP contribution in [0.2, 0.25) is 0 Å². The molecule has 1 spiro atoms. The Labute approximate surface area is 252 Å². The number of nitrogens with zero attached hydrogens (tertiary/aromatic N) is 5. The van der Waals surface area contributed by atoms with Crippen molar-refractivity contribution in [2.24, 2.45) is 11.3 Å². The second-order valence-corrected chi connectivity index (χ2v) is 14.6. The van der Waals surface area contributed by atoms with Gasteiger partial charge < -0.3 is 23.8 Å². The van der Waals surface area contributed by atoms with E-state index in [1.165, 1.54) is 25.7 Å². The molecule has 7 rings (SSSR count). The van der Waals surface area contributed by atoms with Crippen molar-refractivity contribution < 1.29 is 23.9 Å². The van der Waals surface area contributed by atoms with Gasteiger partial charge in [-0.25, -0.2) is 14.6 Å². The lowest BCUT2D eigenvalue weighted by Gasteiger charge is -2.53. The summed E-state index contributed by atoms with van der Waals surface area (Å²) in [5.41, 5.74) is 2.79. The lowest BCUT2D eigenvalue weighted by atomic mass is 9.60. The maximum absolute atomic E-state index is 12.5. The summed E-state index contributed by atoms with van der Waals surface area (Å²) in [4.78, 5) is 47.1. The van der Waals surface area contributed by atoms with Crippen molar-refractivity contribution >= 4 is 34.8 Å². The van der Waals surface area contributed by atoms with Gasteiger partial charge in [0.15, 0.2) is 0 Å². The first-order chi connectivity index (χ1) is 20.5. The number of anilines is 1. The quantitative estimate of drug-likeness (QED) is 0.566. The second kappa shape index (κ2) is 10.5. The zero-order chi connectivity index (χ0) is 30.1. The van der Waals surface area contributed by atoms with Crippen molar-refractivity contribution in [3.05, 3.63) is 24.0 Å². The fourth-order valence-corrected chi connectivity index (χ4v) is 8.02. The van der Waals surface area contributed by atoms with Crippen LogP contribution in [0.3, 0.4) is 0 Å². The third-order valence-corrected chi connectivity index (χ3v) is 10.3. The number of carbonyl (C=O) groups excluding carboxylic acids is 3. The van der Waals surface area contributed by atoms with Gasteiger partial charge in [-0.15, -0.1) is 0 Å². The molecule has 2 aromatic heterocycles. The molecule has 1 saturated carbocycles. The first kappa shape index (κ1) is 28.6. The largest absolute Gasteiger partial charge is 0.444 e. The standard InChI is InChI=1S/C32H44N6O5/c1-20-16-38(28-25(20)12-22(15-33-28)37-8-5-27(39)34-29(37)40)23-13-32(14-23)6-9-35(10-7-32)18-24-11-21-17-36(19-26(21)42-24)30(41)43-31(2,3)4/h12,15-16,21,23-24,26H,5-11,13-14,17-19H2,1-4H3,(H,34,39,40). The smallest absolute Gasteiger partial charge is 0.410 e. The summed E-state index contributed by atoms with van der Waals surface area (Å²) >= 11 is 0. The van der Waals surface area contributed by atoms with E-state index in [1.807, 2.05) is 31.7 Å². The molecule has 3 atom stereocenters. The summed E-state index contributed by atoms with van der Waals surface area (Å²) < 4.78 is 14.3. The number of nitrogens with one attached hydrogen (secondary N) is 1. The third-order valence-electron chi connectivity index (χ3n) is 10.3. The Morgan fingerprint density at radius 3 is 2.63 bits per heavy atom. The molecule has 5 aliphatic rings. The summed E-state index contributed by atoms with van der Waals surface area (Å²) in [6, 6.07) is 2.10. The van der Waals surface area contributed by atoms with Crippen LogP contribution >= 0.6 is 0 Å². The number of aromatic nitrogens is 2. The highest BCUT2D eigenvalue weighted by molar-refractivity contribution is 6.06. The van der Waals surface area contributed by atoms with Crippen LogP contribution in [0.25, 0.3) is 11.0 Å². The minimum Gasteiger partial charge on any atom is -0.444 e. The zero-order valence-electron chi connectivity index (χ0n) is 25.8.